The molecule has 1 aromatic heterocycles. The number of anilines is 1. The first-order chi connectivity index (χ1) is 15.0. The fraction of sp³-hybridized carbons (Fsp3) is 0.364. The Morgan fingerprint density at radius 2 is 1.90 bits per heavy atom. The van der Waals surface area contributed by atoms with Gasteiger partial charge in [-0.3, -0.25) is 9.59 Å². The Hall–Kier alpha value is -3.13. The second-order valence-electron chi connectivity index (χ2n) is 7.01. The van der Waals surface area contributed by atoms with Gasteiger partial charge in [-0.25, -0.2) is 9.78 Å². The van der Waals surface area contributed by atoms with E-state index in [1.165, 1.54) is 6.20 Å². The third-order valence-corrected chi connectivity index (χ3v) is 5.28. The van der Waals surface area contributed by atoms with Gasteiger partial charge in [-0.15, -0.1) is 0 Å². The van der Waals surface area contributed by atoms with Crippen LogP contribution in [0.25, 0.3) is 0 Å². The Morgan fingerprint density at radius 3 is 2.61 bits per heavy atom. The first-order valence-electron chi connectivity index (χ1n) is 10.2. The van der Waals surface area contributed by atoms with Gasteiger partial charge in [0.15, 0.2) is 0 Å². The van der Waals surface area contributed by atoms with Crippen LogP contribution in [0.5, 0.6) is 0 Å². The lowest BCUT2D eigenvalue weighted by Gasteiger charge is -2.23. The van der Waals surface area contributed by atoms with Crippen LogP contribution in [0.15, 0.2) is 42.6 Å². The highest BCUT2D eigenvalue weighted by atomic mass is 35.5. The van der Waals surface area contributed by atoms with Crippen LogP contribution in [-0.4, -0.2) is 67.0 Å². The Kier molecular flexibility index (Phi) is 7.83. The zero-order valence-electron chi connectivity index (χ0n) is 17.3. The summed E-state index contributed by atoms with van der Waals surface area (Å²) in [5.74, 6) is -0.170. The van der Waals surface area contributed by atoms with Gasteiger partial charge in [0.1, 0.15) is 5.82 Å². The van der Waals surface area contributed by atoms with E-state index in [2.05, 4.69) is 15.2 Å². The lowest BCUT2D eigenvalue weighted by molar-refractivity contribution is -0.129. The van der Waals surface area contributed by atoms with Crippen LogP contribution in [-0.2, 0) is 9.53 Å². The van der Waals surface area contributed by atoms with E-state index < -0.39 is 5.97 Å². The maximum absolute atomic E-state index is 12.6. The lowest BCUT2D eigenvalue weighted by Crippen LogP contribution is -2.42. The average molecular weight is 445 g/mol. The van der Waals surface area contributed by atoms with Crippen molar-refractivity contribution in [2.75, 3.05) is 44.2 Å². The van der Waals surface area contributed by atoms with Crippen molar-refractivity contribution in [2.24, 2.45) is 0 Å². The molecule has 2 aromatic rings. The van der Waals surface area contributed by atoms with Crippen LogP contribution in [0.3, 0.4) is 0 Å². The molecule has 1 aliphatic heterocycles. The number of hydrogen-bond acceptors (Lipinski definition) is 6. The minimum absolute atomic E-state index is 0.0868. The number of ether oxygens (including phenoxy) is 1. The third kappa shape index (κ3) is 5.95. The fourth-order valence-corrected chi connectivity index (χ4v) is 3.53. The molecule has 0 atom stereocenters. The zero-order chi connectivity index (χ0) is 22.2. The van der Waals surface area contributed by atoms with E-state index in [1.54, 1.807) is 48.2 Å². The number of carbonyl (C=O) groups is 3. The second kappa shape index (κ2) is 10.8. The van der Waals surface area contributed by atoms with Gasteiger partial charge in [0, 0.05) is 32.4 Å². The quantitative estimate of drug-likeness (QED) is 0.688. The van der Waals surface area contributed by atoms with Crippen molar-refractivity contribution in [1.29, 1.82) is 0 Å². The predicted octanol–water partition coefficient (Wildman–Crippen LogP) is 2.38. The summed E-state index contributed by atoms with van der Waals surface area (Å²) in [6.07, 6.45) is 2.27. The van der Waals surface area contributed by atoms with E-state index in [4.69, 9.17) is 16.3 Å². The number of aromatic nitrogens is 1. The average Bonchev–Trinajstić information content (AvgIpc) is 3.04. The van der Waals surface area contributed by atoms with E-state index >= 15 is 0 Å². The van der Waals surface area contributed by atoms with Crippen LogP contribution < -0.4 is 10.2 Å². The van der Waals surface area contributed by atoms with Crippen molar-refractivity contribution >= 4 is 35.2 Å². The molecule has 0 unspecified atom stereocenters. The van der Waals surface area contributed by atoms with Gasteiger partial charge in [0.25, 0.3) is 5.91 Å². The molecule has 2 heterocycles. The van der Waals surface area contributed by atoms with E-state index in [0.717, 1.165) is 18.8 Å². The maximum Gasteiger partial charge on any atom is 0.339 e. The molecule has 9 heteroatoms. The molecule has 1 saturated heterocycles. The number of carbonyl (C=O) groups excluding carboxylic acids is 3. The van der Waals surface area contributed by atoms with E-state index in [1.807, 2.05) is 0 Å². The van der Waals surface area contributed by atoms with Gasteiger partial charge in [0.05, 0.1) is 29.3 Å². The Morgan fingerprint density at radius 1 is 1.10 bits per heavy atom. The number of pyridine rings is 1. The molecule has 0 bridgehead atoms. The van der Waals surface area contributed by atoms with Crippen molar-refractivity contribution < 1.29 is 19.1 Å². The molecule has 3 rings (SSSR count). The molecular weight excluding hydrogens is 420 g/mol. The summed E-state index contributed by atoms with van der Waals surface area (Å²) in [6.45, 7) is 4.44. The number of nitrogens with zero attached hydrogens (tertiary/aromatic N) is 3. The highest BCUT2D eigenvalue weighted by molar-refractivity contribution is 6.33. The van der Waals surface area contributed by atoms with Gasteiger partial charge in [-0.2, -0.15) is 0 Å². The second-order valence-corrected chi connectivity index (χ2v) is 7.42. The molecule has 1 aliphatic rings. The fourth-order valence-electron chi connectivity index (χ4n) is 3.31. The molecular formula is C22H25ClN4O4. The Bertz CT molecular complexity index is 935. The van der Waals surface area contributed by atoms with Gasteiger partial charge in [-0.05, 0) is 37.6 Å². The molecule has 1 N–H and O–H groups in total. The van der Waals surface area contributed by atoms with Gasteiger partial charge >= 0.3 is 5.97 Å². The van der Waals surface area contributed by atoms with Gasteiger partial charge in [0.2, 0.25) is 5.91 Å². The van der Waals surface area contributed by atoms with Crippen molar-refractivity contribution in [3.8, 4) is 0 Å². The highest BCUT2D eigenvalue weighted by Gasteiger charge is 2.21. The number of benzene rings is 1. The molecule has 1 fully saturated rings. The van der Waals surface area contributed by atoms with Crippen molar-refractivity contribution in [2.45, 2.75) is 13.3 Å². The smallest absolute Gasteiger partial charge is 0.339 e. The maximum atomic E-state index is 12.6. The van der Waals surface area contributed by atoms with Crippen molar-refractivity contribution in [1.82, 2.24) is 15.2 Å². The number of rotatable bonds is 6. The Labute approximate surface area is 186 Å². The monoisotopic (exact) mass is 444 g/mol. The zero-order valence-corrected chi connectivity index (χ0v) is 18.1. The first-order valence-corrected chi connectivity index (χ1v) is 10.6. The van der Waals surface area contributed by atoms with Crippen molar-refractivity contribution in [3.63, 3.8) is 0 Å². The molecule has 1 aromatic carbocycles. The Balaban J connectivity index is 1.52. The standard InChI is InChI=1S/C22H25ClN4O4/c1-2-31-22(30)16-8-9-19(24-14-16)26-10-5-11-27(13-12-26)20(28)15-25-21(29)17-6-3-4-7-18(17)23/h3-4,6-9,14H,2,5,10-13,15H2,1H3,(H,25,29). The van der Waals surface area contributed by atoms with E-state index in [-0.39, 0.29) is 18.4 Å². The summed E-state index contributed by atoms with van der Waals surface area (Å²) in [6, 6.07) is 10.2. The summed E-state index contributed by atoms with van der Waals surface area (Å²) < 4.78 is 4.97. The summed E-state index contributed by atoms with van der Waals surface area (Å²) >= 11 is 6.03. The molecule has 31 heavy (non-hydrogen) atoms. The lowest BCUT2D eigenvalue weighted by atomic mass is 10.2. The molecule has 0 radical (unpaired) electrons. The highest BCUT2D eigenvalue weighted by Crippen LogP contribution is 2.16. The SMILES string of the molecule is CCOC(=O)c1ccc(N2CCCN(C(=O)CNC(=O)c3ccccc3Cl)CC2)nc1. The number of hydrogen-bond donors (Lipinski definition) is 1. The number of amides is 2. The van der Waals surface area contributed by atoms with Crippen LogP contribution in [0.2, 0.25) is 5.02 Å². The van der Waals surface area contributed by atoms with Crippen LogP contribution in [0.4, 0.5) is 5.82 Å². The molecule has 164 valence electrons. The molecule has 0 saturated carbocycles. The topological polar surface area (TPSA) is 91.8 Å². The van der Waals surface area contributed by atoms with E-state index in [0.29, 0.717) is 42.4 Å². The summed E-state index contributed by atoms with van der Waals surface area (Å²) in [5, 5.41) is 2.99. The molecule has 0 spiro atoms. The number of esters is 1. The van der Waals surface area contributed by atoms with Crippen molar-refractivity contribution in [3.05, 3.63) is 58.7 Å². The van der Waals surface area contributed by atoms with Crippen LogP contribution in [0.1, 0.15) is 34.1 Å². The summed E-state index contributed by atoms with van der Waals surface area (Å²) in [5.41, 5.74) is 0.753. The molecule has 8 nitrogen and oxygen atoms in total. The summed E-state index contributed by atoms with van der Waals surface area (Å²) in [4.78, 5) is 44.8. The van der Waals surface area contributed by atoms with E-state index in [9.17, 15) is 14.4 Å². The number of halogens is 1. The largest absolute Gasteiger partial charge is 0.462 e. The first kappa shape index (κ1) is 22.6. The van der Waals surface area contributed by atoms with Crippen LogP contribution in [0, 0.1) is 0 Å². The molecule has 0 aliphatic carbocycles. The summed E-state index contributed by atoms with van der Waals surface area (Å²) in [7, 11) is 0. The van der Waals surface area contributed by atoms with Gasteiger partial charge in [-0.1, -0.05) is 23.7 Å². The van der Waals surface area contributed by atoms with Gasteiger partial charge < -0.3 is 19.9 Å². The number of nitrogens with one attached hydrogen (secondary N) is 1. The minimum Gasteiger partial charge on any atom is -0.462 e. The third-order valence-electron chi connectivity index (χ3n) is 4.95. The predicted molar refractivity (Wildman–Crippen MR) is 117 cm³/mol. The molecule has 2 amide bonds. The van der Waals surface area contributed by atoms with Crippen LogP contribution >= 0.6 is 11.6 Å². The minimum atomic E-state index is -0.395. The normalized spacial score (nSPS) is 14.0.